The minimum atomic E-state index is -0.0304. The zero-order valence-electron chi connectivity index (χ0n) is 10.7. The van der Waals surface area contributed by atoms with Gasteiger partial charge in [0.15, 0.2) is 0 Å². The van der Waals surface area contributed by atoms with E-state index in [1.807, 2.05) is 30.3 Å². The molecular formula is C15H17NO3. The van der Waals surface area contributed by atoms with Crippen LogP contribution in [0.2, 0.25) is 0 Å². The Balaban J connectivity index is 1.69. The van der Waals surface area contributed by atoms with Gasteiger partial charge in [-0.3, -0.25) is 4.79 Å². The summed E-state index contributed by atoms with van der Waals surface area (Å²) in [6.45, 7) is 6.67. The van der Waals surface area contributed by atoms with E-state index in [0.717, 1.165) is 18.8 Å². The first-order chi connectivity index (χ1) is 9.24. The Morgan fingerprint density at radius 3 is 2.16 bits per heavy atom. The molecule has 3 rings (SSSR count). The van der Waals surface area contributed by atoms with Gasteiger partial charge in [0.2, 0.25) is 0 Å². The quantitative estimate of drug-likeness (QED) is 0.572. The summed E-state index contributed by atoms with van der Waals surface area (Å²) in [6.07, 6.45) is 0.373. The zero-order chi connectivity index (χ0) is 13.2. The SMILES string of the molecule is C=C(C(=O)N(CC1CO1)CC1CO1)c1ccccc1. The first-order valence-electron chi connectivity index (χ1n) is 6.51. The van der Waals surface area contributed by atoms with Crippen LogP contribution in [0.5, 0.6) is 0 Å². The molecule has 0 bridgehead atoms. The van der Waals surface area contributed by atoms with E-state index in [2.05, 4.69) is 6.58 Å². The molecule has 0 N–H and O–H groups in total. The summed E-state index contributed by atoms with van der Waals surface area (Å²) < 4.78 is 10.4. The van der Waals surface area contributed by atoms with Gasteiger partial charge in [0.25, 0.3) is 5.91 Å². The average Bonchev–Trinajstić information content (AvgIpc) is 3.32. The van der Waals surface area contributed by atoms with Crippen molar-refractivity contribution in [2.24, 2.45) is 0 Å². The zero-order valence-corrected chi connectivity index (χ0v) is 10.7. The molecule has 1 amide bonds. The van der Waals surface area contributed by atoms with E-state index in [-0.39, 0.29) is 18.1 Å². The molecule has 19 heavy (non-hydrogen) atoms. The van der Waals surface area contributed by atoms with Crippen LogP contribution in [0.3, 0.4) is 0 Å². The summed E-state index contributed by atoms with van der Waals surface area (Å²) in [7, 11) is 0. The van der Waals surface area contributed by atoms with Crippen molar-refractivity contribution in [1.29, 1.82) is 0 Å². The lowest BCUT2D eigenvalue weighted by atomic mass is 10.1. The highest BCUT2D eigenvalue weighted by molar-refractivity contribution is 6.18. The second kappa shape index (κ2) is 5.15. The highest BCUT2D eigenvalue weighted by atomic mass is 16.6. The van der Waals surface area contributed by atoms with Crippen LogP contribution in [0.25, 0.3) is 5.57 Å². The van der Waals surface area contributed by atoms with Crippen molar-refractivity contribution >= 4 is 11.5 Å². The summed E-state index contributed by atoms with van der Waals surface area (Å²) in [5, 5.41) is 0. The Labute approximate surface area is 112 Å². The van der Waals surface area contributed by atoms with E-state index in [1.54, 1.807) is 4.90 Å². The van der Waals surface area contributed by atoms with Gasteiger partial charge in [0, 0.05) is 18.7 Å². The van der Waals surface area contributed by atoms with Crippen LogP contribution in [-0.2, 0) is 14.3 Å². The van der Waals surface area contributed by atoms with Crippen molar-refractivity contribution in [2.75, 3.05) is 26.3 Å². The van der Waals surface area contributed by atoms with E-state index >= 15 is 0 Å². The Hall–Kier alpha value is -1.65. The van der Waals surface area contributed by atoms with Crippen LogP contribution in [0.1, 0.15) is 5.56 Å². The second-order valence-electron chi connectivity index (χ2n) is 4.97. The van der Waals surface area contributed by atoms with E-state index < -0.39 is 0 Å². The summed E-state index contributed by atoms with van der Waals surface area (Å²) in [4.78, 5) is 14.3. The van der Waals surface area contributed by atoms with Gasteiger partial charge >= 0.3 is 0 Å². The number of nitrogens with zero attached hydrogens (tertiary/aromatic N) is 1. The van der Waals surface area contributed by atoms with Crippen LogP contribution in [0.15, 0.2) is 36.9 Å². The maximum atomic E-state index is 12.5. The van der Waals surface area contributed by atoms with Crippen molar-refractivity contribution in [3.8, 4) is 0 Å². The smallest absolute Gasteiger partial charge is 0.254 e. The molecule has 0 radical (unpaired) electrons. The Morgan fingerprint density at radius 1 is 1.16 bits per heavy atom. The molecular weight excluding hydrogens is 242 g/mol. The predicted molar refractivity (Wildman–Crippen MR) is 71.5 cm³/mol. The third kappa shape index (κ3) is 3.22. The molecule has 2 aliphatic heterocycles. The number of carbonyl (C=O) groups excluding carboxylic acids is 1. The van der Waals surface area contributed by atoms with Crippen molar-refractivity contribution in [3.63, 3.8) is 0 Å². The molecule has 0 aliphatic carbocycles. The number of hydrogen-bond donors (Lipinski definition) is 0. The maximum Gasteiger partial charge on any atom is 0.254 e. The molecule has 2 aliphatic rings. The van der Waals surface area contributed by atoms with Crippen LogP contribution in [-0.4, -0.2) is 49.3 Å². The van der Waals surface area contributed by atoms with Crippen molar-refractivity contribution < 1.29 is 14.3 Å². The number of ether oxygens (including phenoxy) is 2. The fourth-order valence-corrected chi connectivity index (χ4v) is 2.03. The summed E-state index contributed by atoms with van der Waals surface area (Å²) >= 11 is 0. The molecule has 2 heterocycles. The fourth-order valence-electron chi connectivity index (χ4n) is 2.03. The predicted octanol–water partition coefficient (Wildman–Crippen LogP) is 1.33. The van der Waals surface area contributed by atoms with Crippen molar-refractivity contribution in [1.82, 2.24) is 4.90 Å². The molecule has 4 heteroatoms. The van der Waals surface area contributed by atoms with Crippen LogP contribution in [0, 0.1) is 0 Å². The Bertz CT molecular complexity index is 463. The van der Waals surface area contributed by atoms with Gasteiger partial charge in [-0.25, -0.2) is 0 Å². The van der Waals surface area contributed by atoms with Crippen molar-refractivity contribution in [3.05, 3.63) is 42.5 Å². The van der Waals surface area contributed by atoms with E-state index in [4.69, 9.17) is 9.47 Å². The molecule has 2 atom stereocenters. The standard InChI is InChI=1S/C15H17NO3/c1-11(12-5-3-2-4-6-12)15(17)16(7-13-9-18-13)8-14-10-19-14/h2-6,13-14H,1,7-10H2. The van der Waals surface area contributed by atoms with E-state index in [9.17, 15) is 4.79 Å². The minimum absolute atomic E-state index is 0.0304. The van der Waals surface area contributed by atoms with E-state index in [1.165, 1.54) is 0 Å². The lowest BCUT2D eigenvalue weighted by Crippen LogP contribution is -2.37. The average molecular weight is 259 g/mol. The molecule has 2 fully saturated rings. The third-order valence-electron chi connectivity index (χ3n) is 3.32. The Morgan fingerprint density at radius 2 is 1.68 bits per heavy atom. The van der Waals surface area contributed by atoms with Gasteiger partial charge in [0.05, 0.1) is 25.4 Å². The number of benzene rings is 1. The Kier molecular flexibility index (Phi) is 3.36. The maximum absolute atomic E-state index is 12.5. The normalized spacial score (nSPS) is 23.8. The van der Waals surface area contributed by atoms with Crippen LogP contribution in [0.4, 0.5) is 0 Å². The lowest BCUT2D eigenvalue weighted by molar-refractivity contribution is -0.125. The topological polar surface area (TPSA) is 45.4 Å². The number of amides is 1. The molecule has 1 aromatic carbocycles. The largest absolute Gasteiger partial charge is 0.371 e. The molecule has 1 aromatic rings. The van der Waals surface area contributed by atoms with Gasteiger partial charge in [-0.15, -0.1) is 0 Å². The molecule has 2 unspecified atom stereocenters. The monoisotopic (exact) mass is 259 g/mol. The molecule has 100 valence electrons. The third-order valence-corrected chi connectivity index (χ3v) is 3.32. The van der Waals surface area contributed by atoms with Gasteiger partial charge in [0.1, 0.15) is 0 Å². The number of hydrogen-bond acceptors (Lipinski definition) is 3. The van der Waals surface area contributed by atoms with Gasteiger partial charge in [-0.05, 0) is 5.56 Å². The van der Waals surface area contributed by atoms with Crippen molar-refractivity contribution in [2.45, 2.75) is 12.2 Å². The summed E-state index contributed by atoms with van der Waals surface area (Å²) in [5.74, 6) is -0.0304. The summed E-state index contributed by atoms with van der Waals surface area (Å²) in [6, 6.07) is 9.55. The van der Waals surface area contributed by atoms with Gasteiger partial charge in [-0.2, -0.15) is 0 Å². The lowest BCUT2D eigenvalue weighted by Gasteiger charge is -2.22. The summed E-state index contributed by atoms with van der Waals surface area (Å²) in [5.41, 5.74) is 1.40. The highest BCUT2D eigenvalue weighted by Crippen LogP contribution is 2.20. The molecule has 2 saturated heterocycles. The first-order valence-corrected chi connectivity index (χ1v) is 6.51. The molecule has 0 saturated carbocycles. The number of carbonyl (C=O) groups is 1. The number of rotatable bonds is 6. The highest BCUT2D eigenvalue weighted by Gasteiger charge is 2.33. The first kappa shape index (κ1) is 12.4. The van der Waals surface area contributed by atoms with Gasteiger partial charge in [-0.1, -0.05) is 36.9 Å². The molecule has 4 nitrogen and oxygen atoms in total. The minimum Gasteiger partial charge on any atom is -0.371 e. The molecule has 0 spiro atoms. The second-order valence-corrected chi connectivity index (χ2v) is 4.97. The fraction of sp³-hybridized carbons (Fsp3) is 0.400. The molecule has 0 aromatic heterocycles. The van der Waals surface area contributed by atoms with E-state index in [0.29, 0.717) is 18.7 Å². The van der Waals surface area contributed by atoms with Crippen LogP contribution < -0.4 is 0 Å². The van der Waals surface area contributed by atoms with Crippen LogP contribution >= 0.6 is 0 Å². The van der Waals surface area contributed by atoms with Gasteiger partial charge < -0.3 is 14.4 Å². The number of epoxide rings is 2.